The molecule has 15 heavy (non-hydrogen) atoms. The van der Waals surface area contributed by atoms with Crippen molar-refractivity contribution in [2.24, 2.45) is 0 Å². The van der Waals surface area contributed by atoms with Crippen LogP contribution in [0.15, 0.2) is 18.2 Å². The van der Waals surface area contributed by atoms with Gasteiger partial charge in [0.25, 0.3) is 0 Å². The molecular formula is C9H7O6. The van der Waals surface area contributed by atoms with E-state index in [1.165, 1.54) is 0 Å². The molecule has 0 unspecified atom stereocenters. The van der Waals surface area contributed by atoms with Gasteiger partial charge in [0.1, 0.15) is 0 Å². The van der Waals surface area contributed by atoms with E-state index in [-0.39, 0.29) is 6.99 Å². The largest absolute Gasteiger partial charge is 0.478 e. The Morgan fingerprint density at radius 3 is 1.80 bits per heavy atom. The third-order valence-corrected chi connectivity index (χ3v) is 1.73. The van der Waals surface area contributed by atoms with Gasteiger partial charge in [-0.2, -0.15) is 0 Å². The van der Waals surface area contributed by atoms with Gasteiger partial charge in [-0.05, 0) is 18.2 Å². The van der Waals surface area contributed by atoms with Gasteiger partial charge in [0.05, 0.1) is 16.7 Å². The summed E-state index contributed by atoms with van der Waals surface area (Å²) >= 11 is 0. The standard InChI is InChI=1S/C9H6O6.H/c10-7(11)4-1-2-5(8(12)13)6(3-4)9(14)15;/h1-3H,(H,10,11)(H,12,13)(H,14,15);. The Bertz CT molecular complexity index is 453. The van der Waals surface area contributed by atoms with E-state index in [9.17, 15) is 14.4 Å². The lowest BCUT2D eigenvalue weighted by atomic mass is 10.0. The molecule has 0 bridgehead atoms. The van der Waals surface area contributed by atoms with Crippen LogP contribution in [0.1, 0.15) is 32.5 Å². The SMILES string of the molecule is O=C(O)c1ccc(C(=O)O)c(C(=O)O)c1.[H]. The molecule has 79 valence electrons. The van der Waals surface area contributed by atoms with Gasteiger partial charge in [-0.15, -0.1) is 0 Å². The average molecular weight is 211 g/mol. The van der Waals surface area contributed by atoms with E-state index in [0.29, 0.717) is 0 Å². The summed E-state index contributed by atoms with van der Waals surface area (Å²) in [4.78, 5) is 31.8. The summed E-state index contributed by atoms with van der Waals surface area (Å²) in [5.41, 5.74) is -1.24. The van der Waals surface area contributed by atoms with Crippen LogP contribution < -0.4 is 0 Å². The van der Waals surface area contributed by atoms with E-state index in [1.807, 2.05) is 0 Å². The Labute approximate surface area is 84.9 Å². The fourth-order valence-corrected chi connectivity index (χ4v) is 1.04. The maximum absolute atomic E-state index is 10.6. The number of carboxylic acids is 3. The molecule has 1 rings (SSSR count). The zero-order chi connectivity index (χ0) is 11.6. The molecule has 3 N–H and O–H groups in total. The fraction of sp³-hybridized carbons (Fsp3) is 0. The molecule has 0 heterocycles. The van der Waals surface area contributed by atoms with Crippen molar-refractivity contribution in [3.05, 3.63) is 34.9 Å². The number of rotatable bonds is 3. The summed E-state index contributed by atoms with van der Waals surface area (Å²) < 4.78 is 0. The summed E-state index contributed by atoms with van der Waals surface area (Å²) in [6.45, 7) is 0. The first kappa shape index (κ1) is 10.7. The molecule has 6 heteroatoms. The number of carbonyl (C=O) groups is 3. The van der Waals surface area contributed by atoms with Crippen molar-refractivity contribution in [2.75, 3.05) is 0 Å². The number of hydrogen-bond acceptors (Lipinski definition) is 3. The molecule has 0 aliphatic heterocycles. The van der Waals surface area contributed by atoms with Gasteiger partial charge in [0, 0.05) is 1.43 Å². The molecule has 0 spiro atoms. The van der Waals surface area contributed by atoms with E-state index in [0.717, 1.165) is 18.2 Å². The fourth-order valence-electron chi connectivity index (χ4n) is 1.04. The second kappa shape index (κ2) is 3.79. The lowest BCUT2D eigenvalue weighted by Crippen LogP contribution is -2.10. The van der Waals surface area contributed by atoms with E-state index >= 15 is 0 Å². The van der Waals surface area contributed by atoms with Crippen LogP contribution in [0, 0.1) is 0 Å². The van der Waals surface area contributed by atoms with Crippen molar-refractivity contribution >= 4 is 17.9 Å². The first-order valence-electron chi connectivity index (χ1n) is 3.77. The molecule has 0 saturated carbocycles. The summed E-state index contributed by atoms with van der Waals surface area (Å²) in [6, 6.07) is 2.81. The lowest BCUT2D eigenvalue weighted by Gasteiger charge is -2.02. The molecule has 1 radical (unpaired) electrons. The predicted molar refractivity (Wildman–Crippen MR) is 48.4 cm³/mol. The molecule has 0 fully saturated rings. The van der Waals surface area contributed by atoms with Crippen molar-refractivity contribution in [1.29, 1.82) is 0 Å². The molecule has 0 aliphatic rings. The molecule has 6 nitrogen and oxygen atoms in total. The molecule has 0 amide bonds. The Hall–Kier alpha value is -2.37. The minimum Gasteiger partial charge on any atom is -0.478 e. The van der Waals surface area contributed by atoms with Crippen molar-refractivity contribution < 1.29 is 31.1 Å². The molecule has 1 aromatic rings. The number of aromatic carboxylic acids is 3. The van der Waals surface area contributed by atoms with Crippen molar-refractivity contribution in [3.63, 3.8) is 0 Å². The van der Waals surface area contributed by atoms with Crippen LogP contribution in [0.2, 0.25) is 0 Å². The Balaban J connectivity index is 0.00000225. The monoisotopic (exact) mass is 211 g/mol. The number of hydrogen-bond donors (Lipinski definition) is 3. The van der Waals surface area contributed by atoms with E-state index in [2.05, 4.69) is 0 Å². The van der Waals surface area contributed by atoms with Crippen LogP contribution in [-0.2, 0) is 0 Å². The van der Waals surface area contributed by atoms with Crippen molar-refractivity contribution in [3.8, 4) is 0 Å². The number of benzene rings is 1. The minimum atomic E-state index is -1.48. The maximum atomic E-state index is 10.6. The Morgan fingerprint density at radius 2 is 1.40 bits per heavy atom. The Morgan fingerprint density at radius 1 is 0.867 bits per heavy atom. The smallest absolute Gasteiger partial charge is 0.336 e. The topological polar surface area (TPSA) is 112 Å². The predicted octanol–water partition coefficient (Wildman–Crippen LogP) is 0.894. The summed E-state index contributed by atoms with van der Waals surface area (Å²) in [5, 5.41) is 25.9. The van der Waals surface area contributed by atoms with Crippen molar-refractivity contribution in [1.82, 2.24) is 0 Å². The zero-order valence-corrected chi connectivity index (χ0v) is 7.30. The second-order valence-corrected chi connectivity index (χ2v) is 2.68. The highest BCUT2D eigenvalue weighted by molar-refractivity contribution is 6.03. The first-order valence-corrected chi connectivity index (χ1v) is 3.77. The van der Waals surface area contributed by atoms with Crippen LogP contribution in [0.25, 0.3) is 0 Å². The maximum Gasteiger partial charge on any atom is 0.336 e. The van der Waals surface area contributed by atoms with Crippen LogP contribution in [0.4, 0.5) is 0 Å². The van der Waals surface area contributed by atoms with Crippen LogP contribution in [0.3, 0.4) is 0 Å². The minimum absolute atomic E-state index is 0. The molecule has 0 atom stereocenters. The molecule has 1 aromatic carbocycles. The van der Waals surface area contributed by atoms with Gasteiger partial charge in [0.15, 0.2) is 0 Å². The Kier molecular flexibility index (Phi) is 2.70. The van der Waals surface area contributed by atoms with E-state index in [4.69, 9.17) is 15.3 Å². The first-order chi connectivity index (χ1) is 6.93. The van der Waals surface area contributed by atoms with Crippen molar-refractivity contribution in [2.45, 2.75) is 0 Å². The third kappa shape index (κ3) is 2.11. The molecular weight excluding hydrogens is 204 g/mol. The van der Waals surface area contributed by atoms with Crippen LogP contribution >= 0.6 is 0 Å². The van der Waals surface area contributed by atoms with Gasteiger partial charge >= 0.3 is 17.9 Å². The van der Waals surface area contributed by atoms with Crippen LogP contribution in [0.5, 0.6) is 0 Å². The summed E-state index contributed by atoms with van der Waals surface area (Å²) in [7, 11) is 0. The number of carboxylic acid groups (broad SMARTS) is 3. The third-order valence-electron chi connectivity index (χ3n) is 1.73. The average Bonchev–Trinajstić information content (AvgIpc) is 2.16. The second-order valence-electron chi connectivity index (χ2n) is 2.68. The van der Waals surface area contributed by atoms with Gasteiger partial charge in [-0.1, -0.05) is 0 Å². The molecule has 0 aliphatic carbocycles. The normalized spacial score (nSPS) is 9.60. The molecule has 0 aromatic heterocycles. The van der Waals surface area contributed by atoms with E-state index < -0.39 is 29.0 Å². The highest BCUT2D eigenvalue weighted by Gasteiger charge is 2.17. The van der Waals surface area contributed by atoms with Crippen LogP contribution in [-0.4, -0.2) is 33.2 Å². The highest BCUT2D eigenvalue weighted by atomic mass is 16.4. The summed E-state index contributed by atoms with van der Waals surface area (Å²) in [6.07, 6.45) is 0. The van der Waals surface area contributed by atoms with Gasteiger partial charge in [0.2, 0.25) is 0 Å². The van der Waals surface area contributed by atoms with Gasteiger partial charge in [-0.25, -0.2) is 14.4 Å². The van der Waals surface area contributed by atoms with Gasteiger partial charge < -0.3 is 15.3 Å². The van der Waals surface area contributed by atoms with Gasteiger partial charge in [-0.3, -0.25) is 0 Å². The summed E-state index contributed by atoms with van der Waals surface area (Å²) in [5.74, 6) is -4.20. The zero-order valence-electron chi connectivity index (χ0n) is 8.30. The quantitative estimate of drug-likeness (QED) is 0.684. The highest BCUT2D eigenvalue weighted by Crippen LogP contribution is 2.12. The van der Waals surface area contributed by atoms with E-state index in [1.54, 1.807) is 0 Å². The molecule has 0 saturated heterocycles. The lowest BCUT2D eigenvalue weighted by molar-refractivity contribution is 0.0649.